The number of Topliss-reactive ketones (excluding diaryl/α,β-unsaturated/α-hetero) is 1. The van der Waals surface area contributed by atoms with E-state index in [9.17, 15) is 19.2 Å². The molecule has 1 unspecified atom stereocenters. The summed E-state index contributed by atoms with van der Waals surface area (Å²) in [6.45, 7) is 15.1. The summed E-state index contributed by atoms with van der Waals surface area (Å²) >= 11 is 0. The Morgan fingerprint density at radius 3 is 2.08 bits per heavy atom. The fraction of sp³-hybridized carbons (Fsp3) is 0.536. The van der Waals surface area contributed by atoms with Crippen LogP contribution in [-0.2, 0) is 9.59 Å². The second-order valence-corrected chi connectivity index (χ2v) is 9.08. The Morgan fingerprint density at radius 2 is 1.63 bits per heavy atom. The molecule has 0 aliphatic carbocycles. The van der Waals surface area contributed by atoms with E-state index in [0.29, 0.717) is 23.9 Å². The lowest BCUT2D eigenvalue weighted by Gasteiger charge is -2.20. The first kappa shape index (κ1) is 34.3. The lowest BCUT2D eigenvalue weighted by atomic mass is 10.1. The van der Waals surface area contributed by atoms with E-state index < -0.39 is 24.3 Å². The molecule has 0 radical (unpaired) electrons. The third-order valence-corrected chi connectivity index (χ3v) is 5.29. The minimum Gasteiger partial charge on any atom is -0.465 e. The fourth-order valence-electron chi connectivity index (χ4n) is 2.78. The van der Waals surface area contributed by atoms with E-state index >= 15 is 0 Å². The Hall–Kier alpha value is -3.69. The molecule has 3 N–H and O–H groups in total. The van der Waals surface area contributed by atoms with Crippen LogP contribution in [0.2, 0.25) is 0 Å². The Kier molecular flexibility index (Phi) is 17.5. The van der Waals surface area contributed by atoms with Gasteiger partial charge in [0, 0.05) is 19.2 Å². The highest BCUT2D eigenvalue weighted by molar-refractivity contribution is 6.37. The number of carboxylic acid groups (broad SMARTS) is 1. The highest BCUT2D eigenvalue weighted by Crippen LogP contribution is 2.11. The molecule has 1 aromatic carbocycles. The number of carbonyl (C=O) groups is 4. The number of benzene rings is 1. The summed E-state index contributed by atoms with van der Waals surface area (Å²) < 4.78 is 4.91. The molecular formula is C28H44N4O6. The third kappa shape index (κ3) is 14.8. The molecule has 0 bridgehead atoms. The second kappa shape index (κ2) is 19.4. The molecule has 2 rings (SSSR count). The lowest BCUT2D eigenvalue weighted by Crippen LogP contribution is -2.39. The van der Waals surface area contributed by atoms with Gasteiger partial charge in [-0.05, 0) is 38.7 Å². The topological polar surface area (TPSA) is 142 Å². The molecule has 0 aliphatic heterocycles. The summed E-state index contributed by atoms with van der Waals surface area (Å²) in [6, 6.07) is 10.5. The van der Waals surface area contributed by atoms with Gasteiger partial charge in [-0.3, -0.25) is 14.4 Å². The van der Waals surface area contributed by atoms with Crippen LogP contribution in [0.25, 0.3) is 0 Å². The number of unbranched alkanes of at least 4 members (excludes halogenated alkanes) is 1. The van der Waals surface area contributed by atoms with E-state index in [-0.39, 0.29) is 11.9 Å². The first-order chi connectivity index (χ1) is 18.0. The van der Waals surface area contributed by atoms with Crippen LogP contribution in [-0.4, -0.2) is 58.5 Å². The molecule has 3 amide bonds. The molecule has 2 aromatic rings. The molecule has 1 aromatic heterocycles. The van der Waals surface area contributed by atoms with Crippen LogP contribution >= 0.6 is 0 Å². The number of aryl methyl sites for hydroxylation is 1. The maximum Gasteiger partial charge on any atom is 0.405 e. The van der Waals surface area contributed by atoms with Gasteiger partial charge in [0.25, 0.3) is 11.8 Å². The van der Waals surface area contributed by atoms with Crippen molar-refractivity contribution in [2.45, 2.75) is 73.8 Å². The number of hydrogen-bond acceptors (Lipinski definition) is 6. The second-order valence-electron chi connectivity index (χ2n) is 9.08. The molecule has 0 saturated heterocycles. The molecule has 0 spiro atoms. The molecule has 0 fully saturated rings. The quantitative estimate of drug-likeness (QED) is 0.346. The average molecular weight is 533 g/mol. The Balaban J connectivity index is 0.000000635. The van der Waals surface area contributed by atoms with Gasteiger partial charge in [0.15, 0.2) is 5.69 Å². The normalized spacial score (nSPS) is 10.7. The Morgan fingerprint density at radius 1 is 1.03 bits per heavy atom. The molecule has 1 atom stereocenters. The summed E-state index contributed by atoms with van der Waals surface area (Å²) in [5, 5.41) is 16.4. The third-order valence-electron chi connectivity index (χ3n) is 5.29. The van der Waals surface area contributed by atoms with Gasteiger partial charge in [-0.15, -0.1) is 0 Å². The predicted molar refractivity (Wildman–Crippen MR) is 147 cm³/mol. The van der Waals surface area contributed by atoms with Gasteiger partial charge in [-0.2, -0.15) is 0 Å². The number of carbonyl (C=O) groups excluding carboxylic acids is 3. The molecule has 1 heterocycles. The van der Waals surface area contributed by atoms with Crippen LogP contribution in [0.3, 0.4) is 0 Å². The fourth-order valence-corrected chi connectivity index (χ4v) is 2.78. The molecule has 0 saturated carbocycles. The number of aromatic nitrogens is 1. The van der Waals surface area contributed by atoms with E-state index in [1.54, 1.807) is 24.8 Å². The van der Waals surface area contributed by atoms with Crippen LogP contribution in [0, 0.1) is 12.8 Å². The predicted octanol–water partition coefficient (Wildman–Crippen LogP) is 5.00. The van der Waals surface area contributed by atoms with E-state index in [0.717, 1.165) is 18.5 Å². The largest absolute Gasteiger partial charge is 0.465 e. The van der Waals surface area contributed by atoms with Crippen LogP contribution in [0.15, 0.2) is 40.9 Å². The van der Waals surface area contributed by atoms with Gasteiger partial charge in [0.1, 0.15) is 5.76 Å². The van der Waals surface area contributed by atoms with Crippen LogP contribution in [0.1, 0.15) is 88.7 Å². The van der Waals surface area contributed by atoms with Crippen LogP contribution in [0.5, 0.6) is 0 Å². The van der Waals surface area contributed by atoms with E-state index in [1.165, 1.54) is 12.8 Å². The molecule has 10 heteroatoms. The van der Waals surface area contributed by atoms with Gasteiger partial charge in [0.05, 0.1) is 12.6 Å². The first-order valence-electron chi connectivity index (χ1n) is 13.0. The SMILES string of the molecule is CC(NC(=O)C(=O)CNC(=O)O)c1ccccc1.CCCC.CCN(CCC(C)C)C(=O)c1cc(C)on1. The van der Waals surface area contributed by atoms with Gasteiger partial charge in [-0.1, -0.05) is 76.0 Å². The van der Waals surface area contributed by atoms with Gasteiger partial charge >= 0.3 is 6.09 Å². The zero-order valence-corrected chi connectivity index (χ0v) is 23.7. The number of nitrogens with one attached hydrogen (secondary N) is 2. The van der Waals surface area contributed by atoms with Gasteiger partial charge in [-0.25, -0.2) is 4.79 Å². The zero-order valence-electron chi connectivity index (χ0n) is 23.7. The molecule has 38 heavy (non-hydrogen) atoms. The monoisotopic (exact) mass is 532 g/mol. The minimum absolute atomic E-state index is 0.0417. The van der Waals surface area contributed by atoms with Crippen molar-refractivity contribution in [2.24, 2.45) is 5.92 Å². The van der Waals surface area contributed by atoms with Crippen molar-refractivity contribution in [1.29, 1.82) is 0 Å². The van der Waals surface area contributed by atoms with Crippen LogP contribution in [0.4, 0.5) is 4.79 Å². The summed E-state index contributed by atoms with van der Waals surface area (Å²) in [5.74, 6) is -0.399. The molecule has 10 nitrogen and oxygen atoms in total. The zero-order chi connectivity index (χ0) is 29.1. The van der Waals surface area contributed by atoms with Crippen molar-refractivity contribution in [3.8, 4) is 0 Å². The number of rotatable bonds is 11. The summed E-state index contributed by atoms with van der Waals surface area (Å²) in [4.78, 5) is 46.7. The Bertz CT molecular complexity index is 973. The van der Waals surface area contributed by atoms with Crippen molar-refractivity contribution < 1.29 is 28.8 Å². The van der Waals surface area contributed by atoms with E-state index in [1.807, 2.05) is 42.6 Å². The number of nitrogens with zero attached hydrogens (tertiary/aromatic N) is 2. The minimum atomic E-state index is -1.34. The standard InChI is InChI=1S/C12H14N2O4.C12H20N2O2.C4H10/c1-8(9-5-3-2-4-6-9)14-11(16)10(15)7-13-12(17)18;1-5-14(7-6-9(2)3)12(15)11-8-10(4)16-13-11;1-3-4-2/h2-6,8,13H,7H2,1H3,(H,14,16)(H,17,18);8-9H,5-7H2,1-4H3;3-4H2,1-2H3. The van der Waals surface area contributed by atoms with Crippen molar-refractivity contribution in [3.05, 3.63) is 53.4 Å². The molecule has 212 valence electrons. The van der Waals surface area contributed by atoms with Crippen molar-refractivity contribution >= 4 is 23.7 Å². The van der Waals surface area contributed by atoms with E-state index in [4.69, 9.17) is 9.63 Å². The summed E-state index contributed by atoms with van der Waals surface area (Å²) in [7, 11) is 0. The number of amides is 3. The highest BCUT2D eigenvalue weighted by Gasteiger charge is 2.18. The number of ketones is 1. The van der Waals surface area contributed by atoms with Gasteiger partial charge < -0.3 is 25.2 Å². The first-order valence-corrected chi connectivity index (χ1v) is 13.0. The van der Waals surface area contributed by atoms with E-state index in [2.05, 4.69) is 38.2 Å². The smallest absolute Gasteiger partial charge is 0.405 e. The lowest BCUT2D eigenvalue weighted by molar-refractivity contribution is -0.137. The number of hydrogen-bond donors (Lipinski definition) is 3. The highest BCUT2D eigenvalue weighted by atomic mass is 16.5. The average Bonchev–Trinajstić information content (AvgIpc) is 3.34. The summed E-state index contributed by atoms with van der Waals surface area (Å²) in [5.41, 5.74) is 1.27. The van der Waals surface area contributed by atoms with Gasteiger partial charge in [0.2, 0.25) is 5.78 Å². The molecule has 0 aliphatic rings. The maximum absolute atomic E-state index is 12.0. The summed E-state index contributed by atoms with van der Waals surface area (Å²) in [6.07, 6.45) is 2.31. The Labute approximate surface area is 226 Å². The maximum atomic E-state index is 12.0. The molecular weight excluding hydrogens is 488 g/mol. The van der Waals surface area contributed by atoms with Crippen molar-refractivity contribution in [2.75, 3.05) is 19.6 Å². The van der Waals surface area contributed by atoms with Crippen molar-refractivity contribution in [3.63, 3.8) is 0 Å². The van der Waals surface area contributed by atoms with Crippen molar-refractivity contribution in [1.82, 2.24) is 20.7 Å². The van der Waals surface area contributed by atoms with Crippen LogP contribution < -0.4 is 10.6 Å².